The summed E-state index contributed by atoms with van der Waals surface area (Å²) in [6.45, 7) is 6.58. The molecule has 0 fully saturated rings. The van der Waals surface area contributed by atoms with Crippen molar-refractivity contribution < 1.29 is 4.74 Å². The van der Waals surface area contributed by atoms with Crippen LogP contribution in [0.4, 0.5) is 0 Å². The normalized spacial score (nSPS) is 12.2. The van der Waals surface area contributed by atoms with Crippen LogP contribution in [0.1, 0.15) is 18.4 Å². The number of aromatic nitrogens is 1. The summed E-state index contributed by atoms with van der Waals surface area (Å²) in [6.07, 6.45) is 5.31. The van der Waals surface area contributed by atoms with Gasteiger partial charge in [-0.3, -0.25) is 0 Å². The minimum atomic E-state index is 0.0339. The number of pyridine rings is 1. The zero-order valence-corrected chi connectivity index (χ0v) is 13.8. The Morgan fingerprint density at radius 3 is 2.82 bits per heavy atom. The van der Waals surface area contributed by atoms with E-state index in [0.29, 0.717) is 11.4 Å². The van der Waals surface area contributed by atoms with Crippen LogP contribution < -0.4 is 4.74 Å². The third-order valence-corrected chi connectivity index (χ3v) is 3.29. The number of hydrogen-bond donors (Lipinski definition) is 0. The maximum absolute atomic E-state index is 8.95. The number of nitriles is 1. The van der Waals surface area contributed by atoms with Crippen LogP contribution in [0.5, 0.6) is 5.88 Å². The number of hydrogen-bond acceptors (Lipinski definition) is 5. The van der Waals surface area contributed by atoms with Crippen LogP contribution >= 0.6 is 0 Å². The predicted octanol–water partition coefficient (Wildman–Crippen LogP) is 2.16. The Bertz CT molecular complexity index is 496. The number of rotatable bonds is 10. The van der Waals surface area contributed by atoms with E-state index in [9.17, 15) is 0 Å². The van der Waals surface area contributed by atoms with E-state index in [0.717, 1.165) is 32.5 Å². The van der Waals surface area contributed by atoms with Gasteiger partial charge >= 0.3 is 0 Å². The van der Waals surface area contributed by atoms with E-state index in [2.05, 4.69) is 48.6 Å². The van der Waals surface area contributed by atoms with Gasteiger partial charge in [-0.2, -0.15) is 5.26 Å². The minimum absolute atomic E-state index is 0.0339. The van der Waals surface area contributed by atoms with Crippen LogP contribution in [0.15, 0.2) is 31.0 Å². The van der Waals surface area contributed by atoms with Crippen LogP contribution in [-0.4, -0.2) is 61.7 Å². The highest BCUT2D eigenvalue weighted by Gasteiger charge is 2.14. The summed E-state index contributed by atoms with van der Waals surface area (Å²) in [5, 5.41) is 8.95. The number of nitrogens with zero attached hydrogens (tertiary/aromatic N) is 4. The average Bonchev–Trinajstić information content (AvgIpc) is 2.50. The SMILES string of the molecule is C=CCCC(CN(C)CCN(C)C)Oc1cc(C#N)ccn1. The summed E-state index contributed by atoms with van der Waals surface area (Å²) in [5.74, 6) is 0.508. The lowest BCUT2D eigenvalue weighted by Crippen LogP contribution is -2.37. The molecule has 0 spiro atoms. The Kier molecular flexibility index (Phi) is 8.19. The fourth-order valence-electron chi connectivity index (χ4n) is 2.02. The van der Waals surface area contributed by atoms with Crippen LogP contribution in [-0.2, 0) is 0 Å². The Hall–Kier alpha value is -1.90. The quantitative estimate of drug-likeness (QED) is 0.620. The molecule has 1 unspecified atom stereocenters. The van der Waals surface area contributed by atoms with Gasteiger partial charge in [-0.25, -0.2) is 4.98 Å². The summed E-state index contributed by atoms with van der Waals surface area (Å²) in [4.78, 5) is 8.60. The summed E-state index contributed by atoms with van der Waals surface area (Å²) < 4.78 is 5.97. The lowest BCUT2D eigenvalue weighted by Gasteiger charge is -2.25. The summed E-state index contributed by atoms with van der Waals surface area (Å²) in [5.41, 5.74) is 0.563. The van der Waals surface area contributed by atoms with E-state index in [-0.39, 0.29) is 6.10 Å². The molecular weight excluding hydrogens is 276 g/mol. The molecular formula is C17H26N4O. The van der Waals surface area contributed by atoms with E-state index < -0.39 is 0 Å². The second kappa shape index (κ2) is 9.93. The van der Waals surface area contributed by atoms with Crippen molar-refractivity contribution >= 4 is 0 Å². The number of likely N-dealkylation sites (N-methyl/N-ethyl adjacent to an activating group) is 2. The number of allylic oxidation sites excluding steroid dienone is 1. The molecule has 22 heavy (non-hydrogen) atoms. The molecule has 0 aromatic carbocycles. The molecule has 0 amide bonds. The molecule has 1 aromatic rings. The molecule has 120 valence electrons. The van der Waals surface area contributed by atoms with Crippen molar-refractivity contribution in [1.29, 1.82) is 5.26 Å². The summed E-state index contributed by atoms with van der Waals surface area (Å²) in [6, 6.07) is 5.46. The molecule has 1 heterocycles. The molecule has 1 rings (SSSR count). The molecule has 0 aliphatic rings. The standard InChI is InChI=1S/C17H26N4O/c1-5-6-7-16(14-21(4)11-10-20(2)3)22-17-12-15(13-18)8-9-19-17/h5,8-9,12,16H,1,6-7,10-11,14H2,2-4H3. The minimum Gasteiger partial charge on any atom is -0.473 e. The van der Waals surface area contributed by atoms with Gasteiger partial charge in [0.05, 0.1) is 11.6 Å². The van der Waals surface area contributed by atoms with E-state index in [1.165, 1.54) is 0 Å². The summed E-state index contributed by atoms with van der Waals surface area (Å²) in [7, 11) is 6.22. The number of ether oxygens (including phenoxy) is 1. The second-order valence-electron chi connectivity index (χ2n) is 5.67. The van der Waals surface area contributed by atoms with Gasteiger partial charge in [0, 0.05) is 31.9 Å². The molecule has 5 heteroatoms. The zero-order chi connectivity index (χ0) is 16.4. The Balaban J connectivity index is 2.62. The third kappa shape index (κ3) is 7.21. The first kappa shape index (κ1) is 18.1. The Morgan fingerprint density at radius 2 is 2.18 bits per heavy atom. The van der Waals surface area contributed by atoms with Gasteiger partial charge in [0.2, 0.25) is 5.88 Å². The fraction of sp³-hybridized carbons (Fsp3) is 0.529. The average molecular weight is 302 g/mol. The largest absolute Gasteiger partial charge is 0.473 e. The highest BCUT2D eigenvalue weighted by Crippen LogP contribution is 2.14. The van der Waals surface area contributed by atoms with Crippen LogP contribution in [0.3, 0.4) is 0 Å². The van der Waals surface area contributed by atoms with Crippen molar-refractivity contribution in [1.82, 2.24) is 14.8 Å². The van der Waals surface area contributed by atoms with Crippen molar-refractivity contribution in [2.75, 3.05) is 40.8 Å². The summed E-state index contributed by atoms with van der Waals surface area (Å²) >= 11 is 0. The molecule has 0 saturated heterocycles. The second-order valence-corrected chi connectivity index (χ2v) is 5.67. The van der Waals surface area contributed by atoms with Crippen molar-refractivity contribution in [3.63, 3.8) is 0 Å². The zero-order valence-electron chi connectivity index (χ0n) is 13.8. The fourth-order valence-corrected chi connectivity index (χ4v) is 2.02. The van der Waals surface area contributed by atoms with E-state index >= 15 is 0 Å². The van der Waals surface area contributed by atoms with Crippen LogP contribution in [0, 0.1) is 11.3 Å². The molecule has 0 aliphatic heterocycles. The van der Waals surface area contributed by atoms with Crippen molar-refractivity contribution in [3.8, 4) is 11.9 Å². The van der Waals surface area contributed by atoms with Gasteiger partial charge in [0.25, 0.3) is 0 Å². The molecule has 0 N–H and O–H groups in total. The molecule has 0 aliphatic carbocycles. The molecule has 5 nitrogen and oxygen atoms in total. The monoisotopic (exact) mass is 302 g/mol. The molecule has 1 atom stereocenters. The van der Waals surface area contributed by atoms with Gasteiger partial charge in [0.15, 0.2) is 0 Å². The van der Waals surface area contributed by atoms with Gasteiger partial charge in [-0.15, -0.1) is 6.58 Å². The first-order valence-electron chi connectivity index (χ1n) is 7.52. The predicted molar refractivity (Wildman–Crippen MR) is 88.9 cm³/mol. The van der Waals surface area contributed by atoms with Crippen LogP contribution in [0.2, 0.25) is 0 Å². The van der Waals surface area contributed by atoms with Crippen molar-refractivity contribution in [2.24, 2.45) is 0 Å². The lowest BCUT2D eigenvalue weighted by molar-refractivity contribution is 0.131. The Labute approximate surface area is 133 Å². The van der Waals surface area contributed by atoms with Gasteiger partial charge in [-0.05, 0) is 40.1 Å². The highest BCUT2D eigenvalue weighted by molar-refractivity contribution is 5.31. The van der Waals surface area contributed by atoms with Gasteiger partial charge in [0.1, 0.15) is 6.10 Å². The maximum atomic E-state index is 8.95. The smallest absolute Gasteiger partial charge is 0.214 e. The van der Waals surface area contributed by atoms with Crippen LogP contribution in [0.25, 0.3) is 0 Å². The van der Waals surface area contributed by atoms with Gasteiger partial charge in [-0.1, -0.05) is 6.08 Å². The van der Waals surface area contributed by atoms with Crippen molar-refractivity contribution in [3.05, 3.63) is 36.5 Å². The lowest BCUT2D eigenvalue weighted by atomic mass is 10.2. The van der Waals surface area contributed by atoms with E-state index in [1.54, 1.807) is 18.3 Å². The first-order chi connectivity index (χ1) is 10.5. The first-order valence-corrected chi connectivity index (χ1v) is 7.52. The third-order valence-electron chi connectivity index (χ3n) is 3.29. The van der Waals surface area contributed by atoms with Gasteiger partial charge < -0.3 is 14.5 Å². The van der Waals surface area contributed by atoms with E-state index in [4.69, 9.17) is 10.00 Å². The maximum Gasteiger partial charge on any atom is 0.214 e. The molecule has 0 bridgehead atoms. The topological polar surface area (TPSA) is 52.4 Å². The molecule has 1 aromatic heterocycles. The highest BCUT2D eigenvalue weighted by atomic mass is 16.5. The molecule has 0 radical (unpaired) electrons. The molecule has 0 saturated carbocycles. The van der Waals surface area contributed by atoms with E-state index in [1.807, 2.05) is 6.08 Å². The Morgan fingerprint density at radius 1 is 1.41 bits per heavy atom. The van der Waals surface area contributed by atoms with Crippen molar-refractivity contribution in [2.45, 2.75) is 18.9 Å².